The molecule has 0 aliphatic carbocycles. The van der Waals surface area contributed by atoms with Gasteiger partial charge in [0.2, 0.25) is 0 Å². The maximum absolute atomic E-state index is 10.8. The Hall–Kier alpha value is -1.39. The summed E-state index contributed by atoms with van der Waals surface area (Å²) in [4.78, 5) is 14.3. The standard InChI is InChI=1S/C5H7N3O2/c1-8-3-6-4(7-8)5(9)10-2/h3H,1-2H3/i1D3. The van der Waals surface area contributed by atoms with Crippen molar-refractivity contribution in [2.24, 2.45) is 6.98 Å². The number of carbonyl (C=O) groups is 1. The molecule has 0 saturated heterocycles. The minimum atomic E-state index is -2.42. The van der Waals surface area contributed by atoms with Crippen molar-refractivity contribution in [2.75, 3.05) is 7.11 Å². The van der Waals surface area contributed by atoms with Crippen molar-refractivity contribution in [1.29, 1.82) is 0 Å². The SMILES string of the molecule is [2H]C([2H])([2H])n1cnc(C(=O)OC)n1. The lowest BCUT2D eigenvalue weighted by Gasteiger charge is -1.88. The van der Waals surface area contributed by atoms with Crippen LogP contribution in [0.1, 0.15) is 14.7 Å². The lowest BCUT2D eigenvalue weighted by Crippen LogP contribution is -2.04. The highest BCUT2D eigenvalue weighted by molar-refractivity contribution is 5.84. The largest absolute Gasteiger partial charge is 0.463 e. The van der Waals surface area contributed by atoms with E-state index in [1.54, 1.807) is 0 Å². The molecule has 1 heterocycles. The number of aromatic nitrogens is 3. The number of nitrogens with zero attached hydrogens (tertiary/aromatic N) is 3. The molecule has 0 radical (unpaired) electrons. The van der Waals surface area contributed by atoms with E-state index in [1.165, 1.54) is 7.11 Å². The van der Waals surface area contributed by atoms with E-state index in [2.05, 4.69) is 14.8 Å². The zero-order valence-corrected chi connectivity index (χ0v) is 5.24. The Morgan fingerprint density at radius 3 is 3.30 bits per heavy atom. The van der Waals surface area contributed by atoms with E-state index >= 15 is 0 Å². The third kappa shape index (κ3) is 1.12. The van der Waals surface area contributed by atoms with Gasteiger partial charge in [0, 0.05) is 11.1 Å². The molecule has 0 aliphatic rings. The molecule has 0 N–H and O–H groups in total. The summed E-state index contributed by atoms with van der Waals surface area (Å²) in [5.74, 6) is -1.03. The summed E-state index contributed by atoms with van der Waals surface area (Å²) in [6.07, 6.45) is 0.958. The van der Waals surface area contributed by atoms with Gasteiger partial charge in [-0.2, -0.15) is 0 Å². The van der Waals surface area contributed by atoms with Crippen LogP contribution in [0.2, 0.25) is 0 Å². The van der Waals surface area contributed by atoms with Crippen LogP contribution in [0.5, 0.6) is 0 Å². The van der Waals surface area contributed by atoms with Crippen molar-refractivity contribution < 1.29 is 13.6 Å². The van der Waals surface area contributed by atoms with Gasteiger partial charge in [-0.15, -0.1) is 5.10 Å². The van der Waals surface area contributed by atoms with Gasteiger partial charge >= 0.3 is 5.97 Å². The minimum Gasteiger partial charge on any atom is -0.463 e. The van der Waals surface area contributed by atoms with Crippen LogP contribution in [0, 0.1) is 0 Å². The van der Waals surface area contributed by atoms with Crippen molar-refractivity contribution in [3.05, 3.63) is 12.2 Å². The molecular weight excluding hydrogens is 134 g/mol. The molecule has 0 atom stereocenters. The van der Waals surface area contributed by atoms with E-state index < -0.39 is 12.9 Å². The van der Waals surface area contributed by atoms with E-state index in [4.69, 9.17) is 4.11 Å². The highest BCUT2D eigenvalue weighted by Crippen LogP contribution is 1.89. The molecule has 10 heavy (non-hydrogen) atoms. The average Bonchev–Trinajstić information content (AvgIpc) is 2.50. The Morgan fingerprint density at radius 2 is 2.80 bits per heavy atom. The predicted octanol–water partition coefficient (Wildman–Crippen LogP) is -0.398. The van der Waals surface area contributed by atoms with Crippen LogP contribution < -0.4 is 0 Å². The lowest BCUT2D eigenvalue weighted by molar-refractivity contribution is 0.0586. The van der Waals surface area contributed by atoms with Gasteiger partial charge in [-0.3, -0.25) is 4.68 Å². The van der Waals surface area contributed by atoms with Gasteiger partial charge in [0.15, 0.2) is 0 Å². The Morgan fingerprint density at radius 1 is 2.00 bits per heavy atom. The summed E-state index contributed by atoms with van der Waals surface area (Å²) in [6, 6.07) is 0. The Bertz CT molecular complexity index is 319. The maximum atomic E-state index is 10.8. The fraction of sp³-hybridized carbons (Fsp3) is 0.400. The molecule has 0 spiro atoms. The van der Waals surface area contributed by atoms with E-state index in [0.29, 0.717) is 4.68 Å². The molecule has 0 unspecified atom stereocenters. The van der Waals surface area contributed by atoms with Gasteiger partial charge in [-0.1, -0.05) is 0 Å². The molecule has 1 aromatic rings. The molecule has 0 aliphatic heterocycles. The first-order chi connectivity index (χ1) is 5.95. The van der Waals surface area contributed by atoms with E-state index in [9.17, 15) is 4.79 Å². The first kappa shape index (κ1) is 3.70. The first-order valence-corrected chi connectivity index (χ1v) is 2.45. The number of methoxy groups -OCH3 is 1. The van der Waals surface area contributed by atoms with E-state index in [1.807, 2.05) is 0 Å². The van der Waals surface area contributed by atoms with Crippen LogP contribution in [0.4, 0.5) is 0 Å². The number of hydrogen-bond acceptors (Lipinski definition) is 4. The average molecular weight is 144 g/mol. The fourth-order valence-electron chi connectivity index (χ4n) is 0.448. The third-order valence-electron chi connectivity index (χ3n) is 0.860. The molecule has 0 amide bonds. The zero-order valence-electron chi connectivity index (χ0n) is 8.24. The van der Waals surface area contributed by atoms with Gasteiger partial charge in [-0.25, -0.2) is 9.78 Å². The van der Waals surface area contributed by atoms with Crippen LogP contribution in [0.25, 0.3) is 0 Å². The molecule has 5 heteroatoms. The normalized spacial score (nSPS) is 15.1. The van der Waals surface area contributed by atoms with Gasteiger partial charge in [0.05, 0.1) is 7.11 Å². The van der Waals surface area contributed by atoms with E-state index in [-0.39, 0.29) is 5.82 Å². The van der Waals surface area contributed by atoms with Crippen LogP contribution in [-0.4, -0.2) is 27.8 Å². The smallest absolute Gasteiger partial charge is 0.377 e. The van der Waals surface area contributed by atoms with E-state index in [0.717, 1.165) is 6.33 Å². The van der Waals surface area contributed by atoms with Crippen molar-refractivity contribution in [3.63, 3.8) is 0 Å². The fourth-order valence-corrected chi connectivity index (χ4v) is 0.448. The molecular formula is C5H7N3O2. The monoisotopic (exact) mass is 144 g/mol. The van der Waals surface area contributed by atoms with Gasteiger partial charge in [0.25, 0.3) is 5.82 Å². The molecule has 0 bridgehead atoms. The highest BCUT2D eigenvalue weighted by atomic mass is 16.5. The summed E-state index contributed by atoms with van der Waals surface area (Å²) in [7, 11) is 1.17. The van der Waals surface area contributed by atoms with Crippen LogP contribution in [0.15, 0.2) is 6.33 Å². The predicted molar refractivity (Wildman–Crippen MR) is 32.3 cm³/mol. The number of aryl methyl sites for hydroxylation is 1. The van der Waals surface area contributed by atoms with Crippen molar-refractivity contribution in [3.8, 4) is 0 Å². The van der Waals surface area contributed by atoms with Crippen molar-refractivity contribution in [1.82, 2.24) is 14.8 Å². The molecule has 0 aromatic carbocycles. The Labute approximate surface area is 61.8 Å². The second kappa shape index (κ2) is 2.47. The topological polar surface area (TPSA) is 57.0 Å². The Balaban J connectivity index is 2.93. The van der Waals surface area contributed by atoms with Gasteiger partial charge in [-0.05, 0) is 0 Å². The number of rotatable bonds is 1. The molecule has 1 rings (SSSR count). The zero-order chi connectivity index (χ0) is 10.1. The maximum Gasteiger partial charge on any atom is 0.377 e. The first-order valence-electron chi connectivity index (χ1n) is 3.95. The van der Waals surface area contributed by atoms with Crippen LogP contribution in [-0.2, 0) is 11.7 Å². The molecule has 1 aromatic heterocycles. The van der Waals surface area contributed by atoms with Gasteiger partial charge in [0.1, 0.15) is 6.33 Å². The van der Waals surface area contributed by atoms with Crippen LogP contribution in [0.3, 0.4) is 0 Å². The summed E-state index contributed by atoms with van der Waals surface area (Å²) in [6.45, 7) is -2.42. The highest BCUT2D eigenvalue weighted by Gasteiger charge is 2.08. The third-order valence-corrected chi connectivity index (χ3v) is 0.860. The molecule has 0 saturated carbocycles. The number of hydrogen-bond donors (Lipinski definition) is 0. The summed E-state index contributed by atoms with van der Waals surface area (Å²) in [5.41, 5.74) is 0. The van der Waals surface area contributed by atoms with Crippen LogP contribution >= 0.6 is 0 Å². The minimum absolute atomic E-state index is 0.265. The van der Waals surface area contributed by atoms with Gasteiger partial charge < -0.3 is 4.74 Å². The van der Waals surface area contributed by atoms with Crippen molar-refractivity contribution in [2.45, 2.75) is 0 Å². The second-order valence-electron chi connectivity index (χ2n) is 1.50. The number of ether oxygens (including phenoxy) is 1. The lowest BCUT2D eigenvalue weighted by atomic mass is 10.6. The summed E-state index contributed by atoms with van der Waals surface area (Å²) in [5, 5.41) is 3.42. The Kier molecular flexibility index (Phi) is 0.912. The molecule has 5 nitrogen and oxygen atoms in total. The molecule has 0 fully saturated rings. The van der Waals surface area contributed by atoms with Crippen molar-refractivity contribution >= 4 is 5.97 Å². The number of esters is 1. The summed E-state index contributed by atoms with van der Waals surface area (Å²) >= 11 is 0. The second-order valence-corrected chi connectivity index (χ2v) is 1.50. The number of carbonyl (C=O) groups excluding carboxylic acids is 1. The molecule has 54 valence electrons. The summed E-state index contributed by atoms with van der Waals surface area (Å²) < 4.78 is 25.7. The quantitative estimate of drug-likeness (QED) is 0.503.